The molecule has 0 atom stereocenters. The molecule has 1 N–H and O–H groups in total. The minimum Gasteiger partial charge on any atom is -0.494 e. The topological polar surface area (TPSA) is 79.0 Å². The van der Waals surface area contributed by atoms with E-state index in [1.807, 2.05) is 0 Å². The monoisotopic (exact) mass is 447 g/mol. The molecule has 7 nitrogen and oxygen atoms in total. The van der Waals surface area contributed by atoms with Gasteiger partial charge in [0.15, 0.2) is 11.6 Å². The van der Waals surface area contributed by atoms with Gasteiger partial charge in [-0.3, -0.25) is 4.79 Å². The number of rotatable bonds is 7. The predicted octanol–water partition coefficient (Wildman–Crippen LogP) is 2.81. The van der Waals surface area contributed by atoms with Crippen molar-refractivity contribution in [3.8, 4) is 5.75 Å². The Bertz CT molecular complexity index is 1050. The number of anilines is 1. The molecular weight excluding hydrogens is 421 g/mol. The number of benzene rings is 2. The van der Waals surface area contributed by atoms with E-state index >= 15 is 0 Å². The highest BCUT2D eigenvalue weighted by atomic mass is 32.2. The summed E-state index contributed by atoms with van der Waals surface area (Å²) in [5.41, 5.74) is 0.975. The zero-order valence-corrected chi connectivity index (χ0v) is 18.4. The minimum absolute atomic E-state index is 0.129. The minimum atomic E-state index is -3.56. The number of hydrogen-bond acceptors (Lipinski definition) is 5. The molecule has 166 valence electrons. The van der Waals surface area contributed by atoms with Gasteiger partial charge in [0.2, 0.25) is 15.9 Å². The molecule has 2 aromatic rings. The third-order valence-corrected chi connectivity index (χ3v) is 7.05. The molecule has 1 aliphatic heterocycles. The molecule has 1 saturated heterocycles. The largest absolute Gasteiger partial charge is 0.494 e. The molecule has 0 bridgehead atoms. The van der Waals surface area contributed by atoms with Crippen LogP contribution >= 0.6 is 0 Å². The van der Waals surface area contributed by atoms with Crippen molar-refractivity contribution < 1.29 is 22.3 Å². The number of halogens is 1. The molecule has 1 aliphatic rings. The van der Waals surface area contributed by atoms with Crippen LogP contribution in [0.15, 0.2) is 53.4 Å². The zero-order valence-electron chi connectivity index (χ0n) is 17.5. The Morgan fingerprint density at radius 3 is 2.39 bits per heavy atom. The van der Waals surface area contributed by atoms with Gasteiger partial charge in [0.05, 0.1) is 12.0 Å². The second-order valence-electron chi connectivity index (χ2n) is 7.08. The molecule has 1 fully saturated rings. The molecule has 1 heterocycles. The van der Waals surface area contributed by atoms with Crippen LogP contribution in [0.4, 0.5) is 10.1 Å². The Morgan fingerprint density at radius 1 is 1.13 bits per heavy atom. The van der Waals surface area contributed by atoms with Gasteiger partial charge in [-0.05, 0) is 54.6 Å². The van der Waals surface area contributed by atoms with Gasteiger partial charge in [0, 0.05) is 37.9 Å². The molecule has 2 aromatic carbocycles. The molecule has 0 aliphatic carbocycles. The number of ether oxygens (including phenoxy) is 1. The second-order valence-corrected chi connectivity index (χ2v) is 9.02. The maximum atomic E-state index is 13.7. The molecule has 1 amide bonds. The highest BCUT2D eigenvalue weighted by Gasteiger charge is 2.27. The van der Waals surface area contributed by atoms with E-state index in [-0.39, 0.29) is 10.6 Å². The first-order valence-electron chi connectivity index (χ1n) is 9.98. The summed E-state index contributed by atoms with van der Waals surface area (Å²) < 4.78 is 45.7. The Kier molecular flexibility index (Phi) is 7.42. The summed E-state index contributed by atoms with van der Waals surface area (Å²) in [6.07, 6.45) is 2.76. The van der Waals surface area contributed by atoms with E-state index in [2.05, 4.69) is 17.1 Å². The number of sulfonamides is 1. The van der Waals surface area contributed by atoms with Gasteiger partial charge in [-0.15, -0.1) is 0 Å². The van der Waals surface area contributed by atoms with Gasteiger partial charge in [-0.2, -0.15) is 4.31 Å². The van der Waals surface area contributed by atoms with Crippen LogP contribution in [-0.2, 0) is 14.8 Å². The molecule has 3 rings (SSSR count). The average molecular weight is 448 g/mol. The third kappa shape index (κ3) is 5.69. The smallest absolute Gasteiger partial charge is 0.248 e. The zero-order chi connectivity index (χ0) is 22.4. The lowest BCUT2D eigenvalue weighted by atomic mass is 10.2. The standard InChI is InChI=1S/C22H26FN3O4S/c1-3-25-12-14-26(15-13-25)31(28,29)19-8-6-18(7-9-19)24-22(27)11-5-17-4-10-21(30-2)20(23)16-17/h4-11,16H,3,12-15H2,1-2H3,(H,24,27)/b11-5+. The van der Waals surface area contributed by atoms with Gasteiger partial charge < -0.3 is 15.0 Å². The molecular formula is C22H26FN3O4S. The van der Waals surface area contributed by atoms with E-state index in [1.165, 1.54) is 47.8 Å². The molecule has 0 saturated carbocycles. The number of piperazine rings is 1. The molecule has 0 radical (unpaired) electrons. The molecule has 9 heteroatoms. The van der Waals surface area contributed by atoms with Crippen molar-refractivity contribution in [2.45, 2.75) is 11.8 Å². The van der Waals surface area contributed by atoms with E-state index in [0.717, 1.165) is 6.54 Å². The fourth-order valence-corrected chi connectivity index (χ4v) is 4.71. The maximum absolute atomic E-state index is 13.7. The van der Waals surface area contributed by atoms with Crippen molar-refractivity contribution in [2.75, 3.05) is 45.2 Å². The van der Waals surface area contributed by atoms with E-state index in [0.29, 0.717) is 37.4 Å². The first-order valence-corrected chi connectivity index (χ1v) is 11.4. The van der Waals surface area contributed by atoms with Crippen LogP contribution in [0.25, 0.3) is 6.08 Å². The Balaban J connectivity index is 1.61. The van der Waals surface area contributed by atoms with Crippen molar-refractivity contribution in [1.29, 1.82) is 0 Å². The lowest BCUT2D eigenvalue weighted by Crippen LogP contribution is -2.48. The Hall–Kier alpha value is -2.75. The lowest BCUT2D eigenvalue weighted by Gasteiger charge is -2.33. The number of hydrogen-bond donors (Lipinski definition) is 1. The van der Waals surface area contributed by atoms with Crippen LogP contribution in [0.3, 0.4) is 0 Å². The highest BCUT2D eigenvalue weighted by molar-refractivity contribution is 7.89. The summed E-state index contributed by atoms with van der Waals surface area (Å²) in [5, 5.41) is 2.66. The molecule has 31 heavy (non-hydrogen) atoms. The van der Waals surface area contributed by atoms with Crippen molar-refractivity contribution in [3.63, 3.8) is 0 Å². The summed E-state index contributed by atoms with van der Waals surface area (Å²) in [4.78, 5) is 14.5. The number of nitrogens with zero attached hydrogens (tertiary/aromatic N) is 2. The summed E-state index contributed by atoms with van der Waals surface area (Å²) in [6, 6.07) is 10.4. The van der Waals surface area contributed by atoms with Crippen molar-refractivity contribution in [3.05, 3.63) is 59.9 Å². The number of likely N-dealkylation sites (N-methyl/N-ethyl adjacent to an activating group) is 1. The Morgan fingerprint density at radius 2 is 1.81 bits per heavy atom. The van der Waals surface area contributed by atoms with Crippen molar-refractivity contribution in [2.24, 2.45) is 0 Å². The maximum Gasteiger partial charge on any atom is 0.248 e. The number of amides is 1. The number of carbonyl (C=O) groups is 1. The van der Waals surface area contributed by atoms with E-state index in [4.69, 9.17) is 4.74 Å². The summed E-state index contributed by atoms with van der Waals surface area (Å²) >= 11 is 0. The van der Waals surface area contributed by atoms with Gasteiger partial charge >= 0.3 is 0 Å². The van der Waals surface area contributed by atoms with Crippen LogP contribution in [0, 0.1) is 5.82 Å². The molecule has 0 spiro atoms. The van der Waals surface area contributed by atoms with Crippen molar-refractivity contribution >= 4 is 27.7 Å². The van der Waals surface area contributed by atoms with Gasteiger partial charge in [0.25, 0.3) is 0 Å². The van der Waals surface area contributed by atoms with Crippen LogP contribution in [-0.4, -0.2) is 63.4 Å². The highest BCUT2D eigenvalue weighted by Crippen LogP contribution is 2.21. The normalized spacial score (nSPS) is 15.8. The molecule has 0 aromatic heterocycles. The average Bonchev–Trinajstić information content (AvgIpc) is 2.78. The fourth-order valence-electron chi connectivity index (χ4n) is 3.29. The fraction of sp³-hybridized carbons (Fsp3) is 0.318. The second kappa shape index (κ2) is 10.0. The number of carbonyl (C=O) groups excluding carboxylic acids is 1. The van der Waals surface area contributed by atoms with Crippen LogP contribution in [0.5, 0.6) is 5.75 Å². The quantitative estimate of drug-likeness (QED) is 0.661. The summed E-state index contributed by atoms with van der Waals surface area (Å²) in [7, 11) is -2.18. The van der Waals surface area contributed by atoms with Gasteiger partial charge in [-0.1, -0.05) is 13.0 Å². The molecule has 0 unspecified atom stereocenters. The van der Waals surface area contributed by atoms with Gasteiger partial charge in [-0.25, -0.2) is 12.8 Å². The summed E-state index contributed by atoms with van der Waals surface area (Å²) in [5.74, 6) is -0.802. The van der Waals surface area contributed by atoms with Crippen LogP contribution in [0.1, 0.15) is 12.5 Å². The third-order valence-electron chi connectivity index (χ3n) is 5.14. The van der Waals surface area contributed by atoms with E-state index in [1.54, 1.807) is 18.2 Å². The number of nitrogens with one attached hydrogen (secondary N) is 1. The first-order chi connectivity index (χ1) is 14.8. The Labute approximate surface area is 182 Å². The SMILES string of the molecule is CCN1CCN(S(=O)(=O)c2ccc(NC(=O)/C=C/c3ccc(OC)c(F)c3)cc2)CC1. The van der Waals surface area contributed by atoms with E-state index in [9.17, 15) is 17.6 Å². The number of methoxy groups -OCH3 is 1. The van der Waals surface area contributed by atoms with Crippen LogP contribution in [0.2, 0.25) is 0 Å². The van der Waals surface area contributed by atoms with E-state index < -0.39 is 21.7 Å². The summed E-state index contributed by atoms with van der Waals surface area (Å²) in [6.45, 7) is 5.32. The van der Waals surface area contributed by atoms with Gasteiger partial charge in [0.1, 0.15) is 0 Å². The predicted molar refractivity (Wildman–Crippen MR) is 118 cm³/mol. The lowest BCUT2D eigenvalue weighted by molar-refractivity contribution is -0.111. The van der Waals surface area contributed by atoms with Crippen molar-refractivity contribution in [1.82, 2.24) is 9.21 Å². The van der Waals surface area contributed by atoms with Crippen LogP contribution < -0.4 is 10.1 Å². The first kappa shape index (κ1) is 22.9.